The Bertz CT molecular complexity index is 2080. The number of nitrogens with two attached hydrogens (primary N) is 4. The van der Waals surface area contributed by atoms with Crippen LogP contribution in [0.4, 0.5) is 0 Å². The van der Waals surface area contributed by atoms with Crippen LogP contribution in [0.2, 0.25) is 0 Å². The molecule has 63 heavy (non-hydrogen) atoms. The van der Waals surface area contributed by atoms with Crippen molar-refractivity contribution in [2.45, 2.75) is 82.1 Å². The first kappa shape index (κ1) is 48.6. The van der Waals surface area contributed by atoms with E-state index in [1.807, 2.05) is 19.9 Å². The van der Waals surface area contributed by atoms with Crippen LogP contribution in [0.25, 0.3) is 0 Å². The summed E-state index contributed by atoms with van der Waals surface area (Å²) in [5.41, 5.74) is 23.3. The SMILES string of the molecule is CC(C)[C@@H]1C[C@]1(NC(=O)[C@H](Cc1ccccc1)NC(=O)CNC(=O)CNC(=O)[C@@H](N)Cc1ccc(O)cc1)C(=O)N[C@@H](CCCN=C(N)N)C(=O)N[C@@H](Cc1ccccc1)C(N)=O. The average Bonchev–Trinajstić information content (AvgIpc) is 3.99. The Morgan fingerprint density at radius 3 is 1.81 bits per heavy atom. The van der Waals surface area contributed by atoms with Gasteiger partial charge in [0.1, 0.15) is 29.4 Å². The largest absolute Gasteiger partial charge is 0.508 e. The van der Waals surface area contributed by atoms with Crippen LogP contribution in [0.1, 0.15) is 49.8 Å². The summed E-state index contributed by atoms with van der Waals surface area (Å²) in [7, 11) is 0. The van der Waals surface area contributed by atoms with E-state index in [1.165, 1.54) is 12.1 Å². The zero-order chi connectivity index (χ0) is 46.1. The van der Waals surface area contributed by atoms with Crippen molar-refractivity contribution < 1.29 is 38.7 Å². The molecule has 0 radical (unpaired) electrons. The highest BCUT2D eigenvalue weighted by molar-refractivity contribution is 6.00. The number of phenolic OH excluding ortho intramolecular Hbond substituents is 1. The van der Waals surface area contributed by atoms with Crippen molar-refractivity contribution >= 4 is 47.3 Å². The van der Waals surface area contributed by atoms with Gasteiger partial charge in [0, 0.05) is 19.4 Å². The van der Waals surface area contributed by atoms with Crippen LogP contribution >= 0.6 is 0 Å². The number of nitrogens with one attached hydrogen (secondary N) is 6. The molecule has 15 N–H and O–H groups in total. The molecule has 1 aliphatic rings. The maximum Gasteiger partial charge on any atom is 0.246 e. The fraction of sp³-hybridized carbons (Fsp3) is 0.409. The highest BCUT2D eigenvalue weighted by Crippen LogP contribution is 2.49. The molecular formula is C44H59N11O8. The summed E-state index contributed by atoms with van der Waals surface area (Å²) in [4.78, 5) is 97.1. The fourth-order valence-corrected chi connectivity index (χ4v) is 7.09. The van der Waals surface area contributed by atoms with Crippen LogP contribution in [-0.4, -0.2) is 102 Å². The lowest BCUT2D eigenvalue weighted by Crippen LogP contribution is -2.60. The van der Waals surface area contributed by atoms with Gasteiger partial charge in [0.2, 0.25) is 41.4 Å². The zero-order valence-corrected chi connectivity index (χ0v) is 35.5. The van der Waals surface area contributed by atoms with Gasteiger partial charge in [-0.3, -0.25) is 38.6 Å². The lowest BCUT2D eigenvalue weighted by atomic mass is 10.00. The van der Waals surface area contributed by atoms with Crippen molar-refractivity contribution in [2.24, 2.45) is 39.8 Å². The minimum atomic E-state index is -1.47. The molecule has 0 unspecified atom stereocenters. The predicted molar refractivity (Wildman–Crippen MR) is 235 cm³/mol. The second-order valence-electron chi connectivity index (χ2n) is 15.9. The van der Waals surface area contributed by atoms with E-state index in [4.69, 9.17) is 22.9 Å². The third-order valence-electron chi connectivity index (χ3n) is 10.6. The van der Waals surface area contributed by atoms with Crippen molar-refractivity contribution in [3.63, 3.8) is 0 Å². The summed E-state index contributed by atoms with van der Waals surface area (Å²) in [6.07, 6.45) is 0.859. The number of guanidine groups is 1. The van der Waals surface area contributed by atoms with E-state index < -0.39 is 84.1 Å². The molecule has 1 saturated carbocycles. The van der Waals surface area contributed by atoms with E-state index >= 15 is 0 Å². The normalized spacial score (nSPS) is 17.1. The Kier molecular flexibility index (Phi) is 18.0. The number of nitrogens with zero attached hydrogens (tertiary/aromatic N) is 1. The van der Waals surface area contributed by atoms with Crippen LogP contribution in [0, 0.1) is 11.8 Å². The number of rotatable bonds is 24. The molecule has 0 bridgehead atoms. The van der Waals surface area contributed by atoms with Crippen LogP contribution in [0.5, 0.6) is 5.75 Å². The van der Waals surface area contributed by atoms with Gasteiger partial charge in [0.25, 0.3) is 0 Å². The van der Waals surface area contributed by atoms with Crippen molar-refractivity contribution in [2.75, 3.05) is 19.6 Å². The van der Waals surface area contributed by atoms with E-state index in [0.29, 0.717) is 11.1 Å². The molecule has 3 aromatic rings. The second-order valence-corrected chi connectivity index (χ2v) is 15.9. The first-order valence-electron chi connectivity index (χ1n) is 20.7. The first-order valence-corrected chi connectivity index (χ1v) is 20.7. The number of hydrogen-bond acceptors (Lipinski definition) is 10. The number of carbonyl (C=O) groups is 7. The maximum atomic E-state index is 14.3. The van der Waals surface area contributed by atoms with Crippen molar-refractivity contribution in [3.05, 3.63) is 102 Å². The highest BCUT2D eigenvalue weighted by atomic mass is 16.3. The Morgan fingerprint density at radius 2 is 1.25 bits per heavy atom. The van der Waals surface area contributed by atoms with Gasteiger partial charge in [-0.05, 0) is 66.3 Å². The van der Waals surface area contributed by atoms with Gasteiger partial charge in [-0.1, -0.05) is 86.6 Å². The van der Waals surface area contributed by atoms with Crippen LogP contribution < -0.4 is 54.8 Å². The van der Waals surface area contributed by atoms with Gasteiger partial charge >= 0.3 is 0 Å². The van der Waals surface area contributed by atoms with E-state index in [-0.39, 0.29) is 68.6 Å². The van der Waals surface area contributed by atoms with Crippen LogP contribution in [-0.2, 0) is 52.8 Å². The summed E-state index contributed by atoms with van der Waals surface area (Å²) in [6.45, 7) is 2.92. The van der Waals surface area contributed by atoms with Gasteiger partial charge in [0.15, 0.2) is 5.96 Å². The number of aromatic hydroxyl groups is 1. The number of primary amides is 1. The third kappa shape index (κ3) is 15.4. The van der Waals surface area contributed by atoms with Crippen molar-refractivity contribution in [1.82, 2.24) is 31.9 Å². The molecule has 0 aromatic heterocycles. The predicted octanol–water partition coefficient (Wildman–Crippen LogP) is -1.50. The highest BCUT2D eigenvalue weighted by Gasteiger charge is 2.62. The quantitative estimate of drug-likeness (QED) is 0.0280. The Balaban J connectivity index is 1.44. The molecule has 0 aliphatic heterocycles. The summed E-state index contributed by atoms with van der Waals surface area (Å²) in [6, 6.07) is 19.5. The monoisotopic (exact) mass is 869 g/mol. The Labute approximate surface area is 366 Å². The average molecular weight is 870 g/mol. The first-order chi connectivity index (χ1) is 30.0. The Morgan fingerprint density at radius 1 is 0.683 bits per heavy atom. The molecular weight excluding hydrogens is 811 g/mol. The molecule has 1 aliphatic carbocycles. The van der Waals surface area contributed by atoms with Gasteiger partial charge in [-0.25, -0.2) is 0 Å². The molecule has 0 heterocycles. The number of phenols is 1. The van der Waals surface area contributed by atoms with Crippen molar-refractivity contribution in [1.29, 1.82) is 0 Å². The Hall–Kier alpha value is -7.02. The molecule has 338 valence electrons. The van der Waals surface area contributed by atoms with Crippen LogP contribution in [0.15, 0.2) is 89.9 Å². The molecule has 6 atom stereocenters. The zero-order valence-electron chi connectivity index (χ0n) is 35.5. The number of benzene rings is 3. The van der Waals surface area contributed by atoms with E-state index in [9.17, 15) is 38.7 Å². The van der Waals surface area contributed by atoms with Gasteiger partial charge in [-0.2, -0.15) is 0 Å². The standard InChI is InChI=1S/C44H59N11O8/c1-26(2)31-23-44(31,42(63)54-33(14-9-19-49-43(47)48)40(61)53-34(38(46)59)21-27-10-5-3-6-11-27)55-41(62)35(22-28-12-7-4-8-13-28)52-37(58)25-50-36(57)24-51-39(60)32(45)20-29-15-17-30(56)18-16-29/h3-8,10-13,15-18,26,31-35,56H,9,14,19-25,45H2,1-2H3,(H2,46,59)(H,50,57)(H,51,60)(H,52,58)(H,53,61)(H,54,63)(H,55,62)(H4,47,48,49)/t31-,32-,33-,34-,35-,44+/m0/s1. The van der Waals surface area contributed by atoms with Crippen molar-refractivity contribution in [3.8, 4) is 5.75 Å². The van der Waals surface area contributed by atoms with E-state index in [1.54, 1.807) is 66.7 Å². The van der Waals surface area contributed by atoms with E-state index in [2.05, 4.69) is 36.9 Å². The summed E-state index contributed by atoms with van der Waals surface area (Å²) in [5.74, 6) is -5.30. The lowest BCUT2D eigenvalue weighted by Gasteiger charge is -2.27. The molecule has 3 aromatic carbocycles. The number of carbonyl (C=O) groups excluding carboxylic acids is 7. The molecule has 7 amide bonds. The molecule has 0 spiro atoms. The molecule has 4 rings (SSSR count). The van der Waals surface area contributed by atoms with E-state index in [0.717, 1.165) is 5.56 Å². The smallest absolute Gasteiger partial charge is 0.246 e. The van der Waals surface area contributed by atoms with Gasteiger partial charge < -0.3 is 59.9 Å². The minimum absolute atomic E-state index is 0.0249. The van der Waals surface area contributed by atoms with Gasteiger partial charge in [-0.15, -0.1) is 0 Å². The fourth-order valence-electron chi connectivity index (χ4n) is 7.09. The minimum Gasteiger partial charge on any atom is -0.508 e. The number of hydrogen-bond donors (Lipinski definition) is 11. The third-order valence-corrected chi connectivity index (χ3v) is 10.6. The number of aliphatic imine (C=N–C) groups is 1. The topological polar surface area (TPSA) is 328 Å². The molecule has 19 heteroatoms. The molecule has 0 saturated heterocycles. The van der Waals surface area contributed by atoms with Crippen LogP contribution in [0.3, 0.4) is 0 Å². The van der Waals surface area contributed by atoms with Gasteiger partial charge in [0.05, 0.1) is 19.1 Å². The summed E-state index contributed by atoms with van der Waals surface area (Å²) in [5, 5.41) is 25.3. The lowest BCUT2D eigenvalue weighted by molar-refractivity contribution is -0.135. The molecule has 1 fully saturated rings. The number of amides is 7. The molecule has 19 nitrogen and oxygen atoms in total. The summed E-state index contributed by atoms with van der Waals surface area (Å²) < 4.78 is 0. The maximum absolute atomic E-state index is 14.3. The second kappa shape index (κ2) is 23.3. The summed E-state index contributed by atoms with van der Waals surface area (Å²) >= 11 is 0.